The zero-order chi connectivity index (χ0) is 13.0. The van der Waals surface area contributed by atoms with Gasteiger partial charge in [0.15, 0.2) is 0 Å². The lowest BCUT2D eigenvalue weighted by molar-refractivity contribution is -0.119. The van der Waals surface area contributed by atoms with E-state index in [1.54, 1.807) is 7.11 Å². The number of hydrogen-bond donors (Lipinski definition) is 0. The average molecular weight is 313 g/mol. The smallest absolute Gasteiger partial charge is 0.137 e. The van der Waals surface area contributed by atoms with Crippen LogP contribution in [0.15, 0.2) is 22.7 Å². The van der Waals surface area contributed by atoms with Gasteiger partial charge in [0.1, 0.15) is 11.5 Å². The third-order valence-electron chi connectivity index (χ3n) is 3.17. The summed E-state index contributed by atoms with van der Waals surface area (Å²) >= 11 is 3.42. The topological polar surface area (TPSA) is 35.5 Å². The summed E-state index contributed by atoms with van der Waals surface area (Å²) in [6.45, 7) is 1.51. The Labute approximate surface area is 116 Å². The summed E-state index contributed by atoms with van der Waals surface area (Å²) in [6.07, 6.45) is 2.04. The van der Waals surface area contributed by atoms with Crippen LogP contribution in [-0.4, -0.2) is 26.1 Å². The van der Waals surface area contributed by atoms with E-state index in [0.717, 1.165) is 35.4 Å². The highest BCUT2D eigenvalue weighted by atomic mass is 79.9. The standard InChI is InChI=1S/C14H17BrO3/c1-17-14-3-2-12(15)7-11(14)8-13(16)6-10-4-5-18-9-10/h2-3,7,10H,4-6,8-9H2,1H3. The van der Waals surface area contributed by atoms with Crippen molar-refractivity contribution < 1.29 is 14.3 Å². The van der Waals surface area contributed by atoms with Crippen LogP contribution in [-0.2, 0) is 16.0 Å². The van der Waals surface area contributed by atoms with Crippen LogP contribution in [0, 0.1) is 5.92 Å². The summed E-state index contributed by atoms with van der Waals surface area (Å²) in [5, 5.41) is 0. The molecule has 0 spiro atoms. The predicted molar refractivity (Wildman–Crippen MR) is 72.9 cm³/mol. The Bertz CT molecular complexity index is 425. The van der Waals surface area contributed by atoms with Gasteiger partial charge in [-0.15, -0.1) is 0 Å². The maximum atomic E-state index is 12.0. The molecule has 0 radical (unpaired) electrons. The molecule has 1 fully saturated rings. The maximum Gasteiger partial charge on any atom is 0.137 e. The molecule has 0 N–H and O–H groups in total. The molecule has 0 amide bonds. The molecule has 0 aromatic heterocycles. The van der Waals surface area contributed by atoms with Gasteiger partial charge in [0, 0.05) is 36.1 Å². The molecule has 0 saturated carbocycles. The summed E-state index contributed by atoms with van der Waals surface area (Å²) < 4.78 is 11.5. The minimum absolute atomic E-state index is 0.252. The maximum absolute atomic E-state index is 12.0. The Morgan fingerprint density at radius 2 is 2.39 bits per heavy atom. The van der Waals surface area contributed by atoms with E-state index in [2.05, 4.69) is 15.9 Å². The zero-order valence-electron chi connectivity index (χ0n) is 10.4. The van der Waals surface area contributed by atoms with Gasteiger partial charge in [-0.2, -0.15) is 0 Å². The summed E-state index contributed by atoms with van der Waals surface area (Å²) in [4.78, 5) is 12.0. The van der Waals surface area contributed by atoms with E-state index in [4.69, 9.17) is 9.47 Å². The van der Waals surface area contributed by atoms with E-state index >= 15 is 0 Å². The van der Waals surface area contributed by atoms with Gasteiger partial charge in [0.05, 0.1) is 7.11 Å². The van der Waals surface area contributed by atoms with Crippen molar-refractivity contribution in [3.8, 4) is 5.75 Å². The van der Waals surface area contributed by atoms with E-state index < -0.39 is 0 Å². The quantitative estimate of drug-likeness (QED) is 0.838. The van der Waals surface area contributed by atoms with Crippen molar-refractivity contribution in [3.05, 3.63) is 28.2 Å². The molecule has 1 heterocycles. The highest BCUT2D eigenvalue weighted by Crippen LogP contribution is 2.25. The van der Waals surface area contributed by atoms with Crippen LogP contribution in [0.2, 0.25) is 0 Å². The molecule has 4 heteroatoms. The summed E-state index contributed by atoms with van der Waals surface area (Å²) in [5.74, 6) is 1.42. The normalized spacial score (nSPS) is 18.9. The van der Waals surface area contributed by atoms with Crippen LogP contribution in [0.3, 0.4) is 0 Å². The molecule has 2 rings (SSSR count). The SMILES string of the molecule is COc1ccc(Br)cc1CC(=O)CC1CCOC1. The molecule has 3 nitrogen and oxygen atoms in total. The highest BCUT2D eigenvalue weighted by Gasteiger charge is 2.20. The molecule has 1 aromatic rings. The number of Topliss-reactive ketones (excluding diaryl/α,β-unsaturated/α-hetero) is 1. The Morgan fingerprint density at radius 3 is 3.06 bits per heavy atom. The van der Waals surface area contributed by atoms with Crippen molar-refractivity contribution in [3.63, 3.8) is 0 Å². The van der Waals surface area contributed by atoms with E-state index in [0.29, 0.717) is 18.8 Å². The summed E-state index contributed by atoms with van der Waals surface area (Å²) in [5.41, 5.74) is 0.941. The lowest BCUT2D eigenvalue weighted by atomic mass is 9.97. The lowest BCUT2D eigenvalue weighted by Gasteiger charge is -2.10. The Hall–Kier alpha value is -0.870. The highest BCUT2D eigenvalue weighted by molar-refractivity contribution is 9.10. The zero-order valence-corrected chi connectivity index (χ0v) is 12.0. The first-order valence-electron chi connectivity index (χ1n) is 6.11. The molecule has 1 aromatic carbocycles. The third kappa shape index (κ3) is 3.56. The molecule has 1 saturated heterocycles. The van der Waals surface area contributed by atoms with Crippen LogP contribution >= 0.6 is 15.9 Å². The third-order valence-corrected chi connectivity index (χ3v) is 3.66. The molecule has 1 aliphatic rings. The van der Waals surface area contributed by atoms with Crippen LogP contribution in [0.25, 0.3) is 0 Å². The Balaban J connectivity index is 1.99. The second-order valence-electron chi connectivity index (χ2n) is 4.61. The molecular weight excluding hydrogens is 296 g/mol. The van der Waals surface area contributed by atoms with Crippen molar-refractivity contribution >= 4 is 21.7 Å². The number of hydrogen-bond acceptors (Lipinski definition) is 3. The summed E-state index contributed by atoms with van der Waals surface area (Å²) in [7, 11) is 1.63. The molecule has 18 heavy (non-hydrogen) atoms. The Kier molecular flexibility index (Phi) is 4.78. The predicted octanol–water partition coefficient (Wildman–Crippen LogP) is 3.00. The van der Waals surface area contributed by atoms with Crippen molar-refractivity contribution in [2.24, 2.45) is 5.92 Å². The molecule has 98 valence electrons. The minimum Gasteiger partial charge on any atom is -0.496 e. The largest absolute Gasteiger partial charge is 0.496 e. The van der Waals surface area contributed by atoms with Crippen molar-refractivity contribution in [2.75, 3.05) is 20.3 Å². The Morgan fingerprint density at radius 1 is 1.56 bits per heavy atom. The number of rotatable bonds is 5. The molecular formula is C14H17BrO3. The van der Waals surface area contributed by atoms with E-state index in [1.807, 2.05) is 18.2 Å². The van der Waals surface area contributed by atoms with E-state index in [-0.39, 0.29) is 5.78 Å². The van der Waals surface area contributed by atoms with Crippen LogP contribution in [0.4, 0.5) is 0 Å². The fraction of sp³-hybridized carbons (Fsp3) is 0.500. The van der Waals surface area contributed by atoms with E-state index in [1.165, 1.54) is 0 Å². The van der Waals surface area contributed by atoms with E-state index in [9.17, 15) is 4.79 Å². The number of carbonyl (C=O) groups excluding carboxylic acids is 1. The summed E-state index contributed by atoms with van der Waals surface area (Å²) in [6, 6.07) is 5.74. The lowest BCUT2D eigenvalue weighted by Crippen LogP contribution is -2.11. The number of halogens is 1. The fourth-order valence-corrected chi connectivity index (χ4v) is 2.64. The molecule has 0 bridgehead atoms. The second-order valence-corrected chi connectivity index (χ2v) is 5.52. The molecule has 1 atom stereocenters. The van der Waals surface area contributed by atoms with Gasteiger partial charge < -0.3 is 9.47 Å². The number of carbonyl (C=O) groups is 1. The number of ether oxygens (including phenoxy) is 2. The van der Waals surface area contributed by atoms with Crippen molar-refractivity contribution in [1.29, 1.82) is 0 Å². The second kappa shape index (κ2) is 6.34. The monoisotopic (exact) mass is 312 g/mol. The van der Waals surface area contributed by atoms with Gasteiger partial charge in [0.2, 0.25) is 0 Å². The van der Waals surface area contributed by atoms with Crippen LogP contribution < -0.4 is 4.74 Å². The first-order valence-corrected chi connectivity index (χ1v) is 6.90. The first-order chi connectivity index (χ1) is 8.69. The molecule has 1 unspecified atom stereocenters. The first kappa shape index (κ1) is 13.6. The molecule has 0 aliphatic carbocycles. The molecule has 1 aliphatic heterocycles. The van der Waals surface area contributed by atoms with Gasteiger partial charge in [-0.05, 0) is 30.5 Å². The number of ketones is 1. The van der Waals surface area contributed by atoms with Gasteiger partial charge in [-0.3, -0.25) is 4.79 Å². The van der Waals surface area contributed by atoms with Gasteiger partial charge in [-0.25, -0.2) is 0 Å². The van der Waals surface area contributed by atoms with Crippen molar-refractivity contribution in [2.45, 2.75) is 19.3 Å². The van der Waals surface area contributed by atoms with Gasteiger partial charge in [0.25, 0.3) is 0 Å². The fourth-order valence-electron chi connectivity index (χ4n) is 2.24. The van der Waals surface area contributed by atoms with Gasteiger partial charge >= 0.3 is 0 Å². The average Bonchev–Trinajstić information content (AvgIpc) is 2.82. The minimum atomic E-state index is 0.252. The van der Waals surface area contributed by atoms with Crippen LogP contribution in [0.5, 0.6) is 5.75 Å². The number of benzene rings is 1. The van der Waals surface area contributed by atoms with Crippen molar-refractivity contribution in [1.82, 2.24) is 0 Å². The van der Waals surface area contributed by atoms with Crippen LogP contribution in [0.1, 0.15) is 18.4 Å². The number of methoxy groups -OCH3 is 1. The van der Waals surface area contributed by atoms with Gasteiger partial charge in [-0.1, -0.05) is 15.9 Å².